The summed E-state index contributed by atoms with van der Waals surface area (Å²) in [6.45, 7) is 2.22. The summed E-state index contributed by atoms with van der Waals surface area (Å²) in [4.78, 5) is 7.13. The van der Waals surface area contributed by atoms with Gasteiger partial charge in [-0.2, -0.15) is 0 Å². The van der Waals surface area contributed by atoms with Gasteiger partial charge in [-0.15, -0.1) is 11.6 Å². The van der Waals surface area contributed by atoms with Crippen LogP contribution < -0.4 is 4.74 Å². The number of aromatic nitrogens is 2. The van der Waals surface area contributed by atoms with Gasteiger partial charge in [-0.1, -0.05) is 0 Å². The van der Waals surface area contributed by atoms with Crippen LogP contribution in [0.4, 0.5) is 0 Å². The zero-order valence-corrected chi connectivity index (χ0v) is 12.7. The van der Waals surface area contributed by atoms with Crippen molar-refractivity contribution in [2.45, 2.75) is 18.9 Å². The first kappa shape index (κ1) is 13.7. The number of aryl methyl sites for hydroxylation is 1. The Morgan fingerprint density at radius 1 is 1.45 bits per heavy atom. The maximum atomic E-state index is 5.94. The van der Waals surface area contributed by atoms with E-state index in [-0.39, 0.29) is 0 Å². The van der Waals surface area contributed by atoms with Gasteiger partial charge in [0.05, 0.1) is 18.1 Å². The summed E-state index contributed by atoms with van der Waals surface area (Å²) in [7, 11) is 3.85. The van der Waals surface area contributed by atoms with Crippen LogP contribution in [0.15, 0.2) is 18.2 Å². The lowest BCUT2D eigenvalue weighted by Crippen LogP contribution is -2.18. The highest BCUT2D eigenvalue weighted by Gasteiger charge is 2.25. The number of benzene rings is 1. The number of methoxy groups -OCH3 is 1. The molecule has 1 aliphatic rings. The van der Waals surface area contributed by atoms with Gasteiger partial charge in [0, 0.05) is 31.0 Å². The third-order valence-electron chi connectivity index (χ3n) is 4.02. The molecule has 3 rings (SSSR count). The molecule has 0 amide bonds. The SMILES string of the molecule is COc1ccc2c(c1)nc(CCCl)n2C1CCN(C)C1. The Bertz CT molecular complexity index is 610. The molecule has 0 bridgehead atoms. The van der Waals surface area contributed by atoms with Crippen molar-refractivity contribution in [3.05, 3.63) is 24.0 Å². The number of hydrogen-bond acceptors (Lipinski definition) is 3. The summed E-state index contributed by atoms with van der Waals surface area (Å²) in [5.41, 5.74) is 2.19. The molecule has 2 aromatic rings. The van der Waals surface area contributed by atoms with Crippen molar-refractivity contribution < 1.29 is 4.74 Å². The third-order valence-corrected chi connectivity index (χ3v) is 4.21. The van der Waals surface area contributed by atoms with E-state index in [9.17, 15) is 0 Å². The first-order chi connectivity index (χ1) is 9.72. The molecule has 5 heteroatoms. The average Bonchev–Trinajstić information content (AvgIpc) is 3.01. The lowest BCUT2D eigenvalue weighted by Gasteiger charge is -2.16. The number of rotatable bonds is 4. The minimum atomic E-state index is 0.497. The molecule has 0 aliphatic carbocycles. The molecule has 20 heavy (non-hydrogen) atoms. The number of nitrogens with zero attached hydrogens (tertiary/aromatic N) is 3. The Balaban J connectivity index is 2.09. The average molecular weight is 294 g/mol. The van der Waals surface area contributed by atoms with Crippen molar-refractivity contribution in [3.8, 4) is 5.75 Å². The Morgan fingerprint density at radius 2 is 2.30 bits per heavy atom. The third kappa shape index (κ3) is 2.38. The summed E-state index contributed by atoms with van der Waals surface area (Å²) in [5, 5.41) is 0. The van der Waals surface area contributed by atoms with Crippen molar-refractivity contribution in [1.82, 2.24) is 14.5 Å². The van der Waals surface area contributed by atoms with E-state index in [2.05, 4.69) is 22.6 Å². The molecule has 4 nitrogen and oxygen atoms in total. The van der Waals surface area contributed by atoms with Crippen LogP contribution in [-0.2, 0) is 6.42 Å². The standard InChI is InChI=1S/C15H20ClN3O/c1-18-8-6-11(10-18)19-14-4-3-12(20-2)9-13(14)17-15(19)5-7-16/h3-4,9,11H,5-8,10H2,1-2H3. The van der Waals surface area contributed by atoms with E-state index in [0.29, 0.717) is 11.9 Å². The van der Waals surface area contributed by atoms with Crippen LogP contribution >= 0.6 is 11.6 Å². The minimum absolute atomic E-state index is 0.497. The van der Waals surface area contributed by atoms with Gasteiger partial charge in [-0.25, -0.2) is 4.98 Å². The molecule has 1 atom stereocenters. The largest absolute Gasteiger partial charge is 0.497 e. The van der Waals surface area contributed by atoms with Crippen molar-refractivity contribution in [2.24, 2.45) is 0 Å². The van der Waals surface area contributed by atoms with Gasteiger partial charge < -0.3 is 14.2 Å². The molecule has 1 saturated heterocycles. The number of likely N-dealkylation sites (N-methyl/N-ethyl adjacent to an activating group) is 1. The molecule has 0 saturated carbocycles. The lowest BCUT2D eigenvalue weighted by molar-refractivity contribution is 0.392. The Hall–Kier alpha value is -1.26. The maximum absolute atomic E-state index is 5.94. The molecule has 1 aliphatic heterocycles. The second-order valence-corrected chi connectivity index (χ2v) is 5.77. The molecule has 1 aromatic carbocycles. The van der Waals surface area contributed by atoms with Crippen LogP contribution in [0.25, 0.3) is 11.0 Å². The van der Waals surface area contributed by atoms with Gasteiger partial charge in [0.2, 0.25) is 0 Å². The summed E-state index contributed by atoms with van der Waals surface area (Å²) in [6.07, 6.45) is 1.97. The number of likely N-dealkylation sites (tertiary alicyclic amines) is 1. The Morgan fingerprint density at radius 3 is 2.95 bits per heavy atom. The molecular weight excluding hydrogens is 274 g/mol. The highest BCUT2D eigenvalue weighted by molar-refractivity contribution is 6.17. The molecule has 1 fully saturated rings. The van der Waals surface area contributed by atoms with E-state index < -0.39 is 0 Å². The van der Waals surface area contributed by atoms with E-state index in [1.54, 1.807) is 7.11 Å². The van der Waals surface area contributed by atoms with Gasteiger partial charge in [0.15, 0.2) is 0 Å². The second kappa shape index (κ2) is 5.62. The van der Waals surface area contributed by atoms with Crippen molar-refractivity contribution in [3.63, 3.8) is 0 Å². The van der Waals surface area contributed by atoms with Crippen molar-refractivity contribution in [1.29, 1.82) is 0 Å². The Labute approximate surface area is 124 Å². The highest BCUT2D eigenvalue weighted by Crippen LogP contribution is 2.29. The number of halogens is 1. The fourth-order valence-electron chi connectivity index (χ4n) is 3.05. The fourth-order valence-corrected chi connectivity index (χ4v) is 3.22. The van der Waals surface area contributed by atoms with Gasteiger partial charge in [-0.05, 0) is 32.1 Å². The molecule has 0 radical (unpaired) electrons. The number of ether oxygens (including phenoxy) is 1. The maximum Gasteiger partial charge on any atom is 0.121 e. The Kier molecular flexibility index (Phi) is 3.85. The van der Waals surface area contributed by atoms with Crippen LogP contribution in [0.2, 0.25) is 0 Å². The number of fused-ring (bicyclic) bond motifs is 1. The smallest absolute Gasteiger partial charge is 0.121 e. The van der Waals surface area contributed by atoms with Gasteiger partial charge in [0.1, 0.15) is 11.6 Å². The summed E-state index contributed by atoms with van der Waals surface area (Å²) >= 11 is 5.94. The van der Waals surface area contributed by atoms with Gasteiger partial charge in [0.25, 0.3) is 0 Å². The predicted octanol–water partition coefficient (Wildman–Crippen LogP) is 2.70. The lowest BCUT2D eigenvalue weighted by atomic mass is 10.2. The van der Waals surface area contributed by atoms with Crippen LogP contribution in [0.5, 0.6) is 5.75 Å². The fraction of sp³-hybridized carbons (Fsp3) is 0.533. The second-order valence-electron chi connectivity index (χ2n) is 5.40. The normalized spacial score (nSPS) is 19.9. The molecular formula is C15H20ClN3O. The molecule has 1 aromatic heterocycles. The number of alkyl halides is 1. The van der Waals surface area contributed by atoms with Crippen LogP contribution in [0, 0.1) is 0 Å². The van der Waals surface area contributed by atoms with E-state index >= 15 is 0 Å². The van der Waals surface area contributed by atoms with Gasteiger partial charge >= 0.3 is 0 Å². The predicted molar refractivity (Wildman–Crippen MR) is 81.9 cm³/mol. The first-order valence-electron chi connectivity index (χ1n) is 7.02. The van der Waals surface area contributed by atoms with E-state index in [1.807, 2.05) is 12.1 Å². The first-order valence-corrected chi connectivity index (χ1v) is 7.55. The quantitative estimate of drug-likeness (QED) is 0.812. The molecule has 0 spiro atoms. The van der Waals surface area contributed by atoms with Gasteiger partial charge in [-0.3, -0.25) is 0 Å². The van der Waals surface area contributed by atoms with E-state index in [4.69, 9.17) is 21.3 Å². The summed E-state index contributed by atoms with van der Waals surface area (Å²) in [5.74, 6) is 2.54. The number of imidazole rings is 1. The number of hydrogen-bond donors (Lipinski definition) is 0. The highest BCUT2D eigenvalue weighted by atomic mass is 35.5. The molecule has 0 N–H and O–H groups in total. The molecule has 1 unspecified atom stereocenters. The summed E-state index contributed by atoms with van der Waals surface area (Å²) < 4.78 is 7.67. The van der Waals surface area contributed by atoms with Crippen molar-refractivity contribution >= 4 is 22.6 Å². The van der Waals surface area contributed by atoms with Crippen LogP contribution in [0.1, 0.15) is 18.3 Å². The van der Waals surface area contributed by atoms with Crippen molar-refractivity contribution in [2.75, 3.05) is 33.1 Å². The van der Waals surface area contributed by atoms with E-state index in [0.717, 1.165) is 36.6 Å². The van der Waals surface area contributed by atoms with Crippen LogP contribution in [0.3, 0.4) is 0 Å². The zero-order chi connectivity index (χ0) is 14.1. The molecule has 2 heterocycles. The van der Waals surface area contributed by atoms with Crippen LogP contribution in [-0.4, -0.2) is 47.6 Å². The topological polar surface area (TPSA) is 30.3 Å². The van der Waals surface area contributed by atoms with E-state index in [1.165, 1.54) is 11.9 Å². The monoisotopic (exact) mass is 293 g/mol. The molecule has 108 valence electrons. The summed E-state index contributed by atoms with van der Waals surface area (Å²) in [6, 6.07) is 6.61. The minimum Gasteiger partial charge on any atom is -0.497 e. The zero-order valence-electron chi connectivity index (χ0n) is 12.0.